The van der Waals surface area contributed by atoms with Gasteiger partial charge in [-0.1, -0.05) is 45.6 Å². The zero-order valence-corrected chi connectivity index (χ0v) is 20.7. The van der Waals surface area contributed by atoms with Crippen molar-refractivity contribution in [2.45, 2.75) is 77.3 Å². The number of hydrogen-bond acceptors (Lipinski definition) is 5. The average molecular weight is 472 g/mol. The first-order chi connectivity index (χ1) is 16.3. The summed E-state index contributed by atoms with van der Waals surface area (Å²) < 4.78 is 13.2. The predicted molar refractivity (Wildman–Crippen MR) is 130 cm³/mol. The second-order valence-corrected chi connectivity index (χ2v) is 9.44. The summed E-state index contributed by atoms with van der Waals surface area (Å²) in [6, 6.07) is 7.08. The van der Waals surface area contributed by atoms with Crippen LogP contribution in [0.25, 0.3) is 11.3 Å². The van der Waals surface area contributed by atoms with E-state index in [9.17, 15) is 14.7 Å². The molecule has 1 atom stereocenters. The number of benzene rings is 1. The van der Waals surface area contributed by atoms with Crippen LogP contribution >= 0.6 is 0 Å². The van der Waals surface area contributed by atoms with Gasteiger partial charge in [0.05, 0.1) is 37.9 Å². The van der Waals surface area contributed by atoms with Gasteiger partial charge in [0.15, 0.2) is 5.69 Å². The van der Waals surface area contributed by atoms with Gasteiger partial charge in [-0.2, -0.15) is 5.10 Å². The smallest absolute Gasteiger partial charge is 0.305 e. The highest BCUT2D eigenvalue weighted by atomic mass is 16.5. The zero-order valence-electron chi connectivity index (χ0n) is 20.7. The molecule has 1 aliphatic rings. The summed E-state index contributed by atoms with van der Waals surface area (Å²) >= 11 is 0. The standard InChI is InChI=1S/C26H37N3O5/c1-17(2)14-18(15-24(30)31)27-26(32)20-16-21(25-22(33-3)12-9-13-23(25)34-4)29(28-20)19-10-7-5-6-8-11-19/h9,12-13,16-19H,5-8,10-11,14-15H2,1-4H3,(H,27,32)(H,30,31). The van der Waals surface area contributed by atoms with Crippen LogP contribution in [0.3, 0.4) is 0 Å². The number of hydrogen-bond donors (Lipinski definition) is 2. The maximum Gasteiger partial charge on any atom is 0.305 e. The Labute approximate surface area is 201 Å². The third-order valence-corrected chi connectivity index (χ3v) is 6.34. The number of carbonyl (C=O) groups is 2. The molecule has 0 radical (unpaired) electrons. The van der Waals surface area contributed by atoms with E-state index in [1.54, 1.807) is 20.3 Å². The molecule has 1 fully saturated rings. The number of ether oxygens (including phenoxy) is 2. The van der Waals surface area contributed by atoms with E-state index in [2.05, 4.69) is 5.32 Å². The van der Waals surface area contributed by atoms with Gasteiger partial charge in [0, 0.05) is 6.04 Å². The molecular weight excluding hydrogens is 434 g/mol. The molecule has 1 saturated carbocycles. The van der Waals surface area contributed by atoms with Gasteiger partial charge in [-0.15, -0.1) is 0 Å². The molecule has 8 heteroatoms. The third kappa shape index (κ3) is 6.30. The number of nitrogens with zero attached hydrogens (tertiary/aromatic N) is 2. The van der Waals surface area contributed by atoms with Crippen molar-refractivity contribution in [1.82, 2.24) is 15.1 Å². The first-order valence-electron chi connectivity index (χ1n) is 12.2. The van der Waals surface area contributed by atoms with Crippen molar-refractivity contribution in [3.63, 3.8) is 0 Å². The fraction of sp³-hybridized carbons (Fsp3) is 0.577. The lowest BCUT2D eigenvalue weighted by Gasteiger charge is -2.20. The Balaban J connectivity index is 2.04. The highest BCUT2D eigenvalue weighted by Crippen LogP contribution is 2.41. The van der Waals surface area contributed by atoms with Crippen LogP contribution in [0, 0.1) is 5.92 Å². The highest BCUT2D eigenvalue weighted by molar-refractivity contribution is 5.94. The van der Waals surface area contributed by atoms with E-state index in [-0.39, 0.29) is 30.0 Å². The molecule has 1 heterocycles. The van der Waals surface area contributed by atoms with Gasteiger partial charge in [-0.3, -0.25) is 14.3 Å². The Morgan fingerprint density at radius 1 is 1.12 bits per heavy atom. The number of carboxylic acids is 1. The monoisotopic (exact) mass is 471 g/mol. The number of carboxylic acid groups (broad SMARTS) is 1. The van der Waals surface area contributed by atoms with Crippen LogP contribution in [0.4, 0.5) is 0 Å². The molecule has 186 valence electrons. The maximum absolute atomic E-state index is 13.2. The Bertz CT molecular complexity index is 955. The van der Waals surface area contributed by atoms with Crippen LogP contribution in [-0.4, -0.2) is 47.0 Å². The molecule has 1 aromatic heterocycles. The number of amides is 1. The van der Waals surface area contributed by atoms with Crippen molar-refractivity contribution in [3.05, 3.63) is 30.0 Å². The lowest BCUT2D eigenvalue weighted by Crippen LogP contribution is -2.37. The average Bonchev–Trinajstić information content (AvgIpc) is 3.05. The number of aliphatic carboxylic acids is 1. The van der Waals surface area contributed by atoms with E-state index in [4.69, 9.17) is 14.6 Å². The minimum atomic E-state index is -0.936. The molecule has 0 saturated heterocycles. The van der Waals surface area contributed by atoms with Gasteiger partial charge in [0.25, 0.3) is 5.91 Å². The summed E-state index contributed by atoms with van der Waals surface area (Å²) in [7, 11) is 3.22. The lowest BCUT2D eigenvalue weighted by molar-refractivity contribution is -0.137. The molecule has 1 unspecified atom stereocenters. The molecule has 2 N–H and O–H groups in total. The van der Waals surface area contributed by atoms with Crippen molar-refractivity contribution in [3.8, 4) is 22.8 Å². The van der Waals surface area contributed by atoms with Gasteiger partial charge in [0.2, 0.25) is 0 Å². The highest BCUT2D eigenvalue weighted by Gasteiger charge is 2.27. The molecule has 0 bridgehead atoms. The number of methoxy groups -OCH3 is 2. The number of aromatic nitrogens is 2. The molecular formula is C26H37N3O5. The SMILES string of the molecule is COc1cccc(OC)c1-c1cc(C(=O)NC(CC(=O)O)CC(C)C)nn1C1CCCCCC1. The molecule has 0 spiro atoms. The van der Waals surface area contributed by atoms with Crippen LogP contribution < -0.4 is 14.8 Å². The molecule has 1 amide bonds. The minimum absolute atomic E-state index is 0.125. The fourth-order valence-electron chi connectivity index (χ4n) is 4.81. The molecule has 1 aromatic carbocycles. The molecule has 1 aliphatic carbocycles. The summed E-state index contributed by atoms with van der Waals surface area (Å²) in [6.07, 6.45) is 7.06. The van der Waals surface area contributed by atoms with E-state index in [0.717, 1.165) is 36.9 Å². The fourth-order valence-corrected chi connectivity index (χ4v) is 4.81. The molecule has 3 rings (SSSR count). The molecule has 0 aliphatic heterocycles. The molecule has 8 nitrogen and oxygen atoms in total. The molecule has 2 aromatic rings. The van der Waals surface area contributed by atoms with E-state index < -0.39 is 12.0 Å². The van der Waals surface area contributed by atoms with Crippen LogP contribution in [-0.2, 0) is 4.79 Å². The van der Waals surface area contributed by atoms with Gasteiger partial charge < -0.3 is 19.9 Å². The topological polar surface area (TPSA) is 103 Å². The van der Waals surface area contributed by atoms with Crippen molar-refractivity contribution in [2.24, 2.45) is 5.92 Å². The third-order valence-electron chi connectivity index (χ3n) is 6.34. The first kappa shape index (κ1) is 25.6. The van der Waals surface area contributed by atoms with E-state index in [1.807, 2.05) is 36.7 Å². The van der Waals surface area contributed by atoms with Gasteiger partial charge in [-0.25, -0.2) is 0 Å². The summed E-state index contributed by atoms with van der Waals surface area (Å²) in [4.78, 5) is 24.6. The van der Waals surface area contributed by atoms with Crippen LogP contribution in [0.2, 0.25) is 0 Å². The van der Waals surface area contributed by atoms with Crippen molar-refractivity contribution < 1.29 is 24.2 Å². The Hall–Kier alpha value is -3.03. The Morgan fingerprint density at radius 2 is 1.74 bits per heavy atom. The first-order valence-corrected chi connectivity index (χ1v) is 12.2. The van der Waals surface area contributed by atoms with Crippen LogP contribution in [0.1, 0.15) is 81.7 Å². The normalized spacial score (nSPS) is 15.6. The van der Waals surface area contributed by atoms with Crippen molar-refractivity contribution in [2.75, 3.05) is 14.2 Å². The molecule has 34 heavy (non-hydrogen) atoms. The minimum Gasteiger partial charge on any atom is -0.496 e. The number of carbonyl (C=O) groups excluding carboxylic acids is 1. The summed E-state index contributed by atoms with van der Waals surface area (Å²) in [6.45, 7) is 4.02. The largest absolute Gasteiger partial charge is 0.496 e. The Morgan fingerprint density at radius 3 is 2.26 bits per heavy atom. The van der Waals surface area contributed by atoms with Crippen LogP contribution in [0.15, 0.2) is 24.3 Å². The van der Waals surface area contributed by atoms with Gasteiger partial charge in [0.1, 0.15) is 11.5 Å². The summed E-state index contributed by atoms with van der Waals surface area (Å²) in [5.41, 5.74) is 1.80. The maximum atomic E-state index is 13.2. The van der Waals surface area contributed by atoms with E-state index in [1.165, 1.54) is 12.8 Å². The number of rotatable bonds is 10. The second-order valence-electron chi connectivity index (χ2n) is 9.44. The quantitative estimate of drug-likeness (QED) is 0.468. The van der Waals surface area contributed by atoms with Crippen molar-refractivity contribution >= 4 is 11.9 Å². The number of nitrogens with one attached hydrogen (secondary N) is 1. The summed E-state index contributed by atoms with van der Waals surface area (Å²) in [5.74, 6) is 0.236. The Kier molecular flexibility index (Phi) is 8.96. The second kappa shape index (κ2) is 11.9. The van der Waals surface area contributed by atoms with Gasteiger partial charge >= 0.3 is 5.97 Å². The summed E-state index contributed by atoms with van der Waals surface area (Å²) in [5, 5.41) is 17.0. The van der Waals surface area contributed by atoms with Gasteiger partial charge in [-0.05, 0) is 43.4 Å². The zero-order chi connectivity index (χ0) is 24.7. The van der Waals surface area contributed by atoms with E-state index in [0.29, 0.717) is 17.9 Å². The predicted octanol–water partition coefficient (Wildman–Crippen LogP) is 5.08. The van der Waals surface area contributed by atoms with Crippen molar-refractivity contribution in [1.29, 1.82) is 0 Å². The van der Waals surface area contributed by atoms with Crippen LogP contribution in [0.5, 0.6) is 11.5 Å². The van der Waals surface area contributed by atoms with E-state index >= 15 is 0 Å². The lowest BCUT2D eigenvalue weighted by atomic mass is 10.0.